The van der Waals surface area contributed by atoms with Gasteiger partial charge in [0.15, 0.2) is 0 Å². The van der Waals surface area contributed by atoms with Crippen molar-refractivity contribution >= 4 is 32.5 Å². The number of aromatic amines is 1. The van der Waals surface area contributed by atoms with E-state index < -0.39 is 21.5 Å². The van der Waals surface area contributed by atoms with Crippen LogP contribution in [0.4, 0.5) is 0 Å². The van der Waals surface area contributed by atoms with Crippen LogP contribution in [0.25, 0.3) is 22.4 Å². The van der Waals surface area contributed by atoms with Crippen LogP contribution < -0.4 is 0 Å². The molecule has 2 N–H and O–H groups in total. The van der Waals surface area contributed by atoms with Crippen molar-refractivity contribution < 1.29 is 20.8 Å². The second kappa shape index (κ2) is 5.61. The molecule has 1 unspecified atom stereocenters. The minimum atomic E-state index is -4.30. The van der Waals surface area contributed by atoms with Crippen molar-refractivity contribution in [2.24, 2.45) is 0 Å². The minimum Gasteiger partial charge on any atom is -0.338 e. The summed E-state index contributed by atoms with van der Waals surface area (Å²) in [6.45, 7) is 0. The van der Waals surface area contributed by atoms with Gasteiger partial charge in [-0.2, -0.15) is 12.6 Å². The highest BCUT2D eigenvalue weighted by molar-refractivity contribution is 7.95. The van der Waals surface area contributed by atoms with Crippen molar-refractivity contribution in [1.82, 2.24) is 9.97 Å². The van der Waals surface area contributed by atoms with E-state index in [-0.39, 0.29) is 4.90 Å². The van der Waals surface area contributed by atoms with Gasteiger partial charge in [0.05, 0.1) is 15.9 Å². The third-order valence-electron chi connectivity index (χ3n) is 2.94. The van der Waals surface area contributed by atoms with Gasteiger partial charge in [0.25, 0.3) is 0 Å². The monoisotopic (exact) mass is 338 g/mol. The van der Waals surface area contributed by atoms with Crippen molar-refractivity contribution in [2.75, 3.05) is 0 Å². The molecule has 0 saturated heterocycles. The number of H-pyrrole nitrogens is 1. The molecule has 3 aromatic rings. The van der Waals surface area contributed by atoms with Gasteiger partial charge in [0, 0.05) is 5.56 Å². The van der Waals surface area contributed by atoms with Gasteiger partial charge in [-0.05, 0) is 18.2 Å². The minimum absolute atomic E-state index is 0.231. The number of nitrogens with zero attached hydrogens (tertiary/aromatic N) is 1. The molecule has 114 valence electrons. The lowest BCUT2D eigenvalue weighted by atomic mass is 10.2. The predicted molar refractivity (Wildman–Crippen MR) is 80.6 cm³/mol. The van der Waals surface area contributed by atoms with E-state index in [9.17, 15) is 12.6 Å². The van der Waals surface area contributed by atoms with Gasteiger partial charge in [-0.15, -0.1) is 3.63 Å². The summed E-state index contributed by atoms with van der Waals surface area (Å²) in [5.41, 5.74) is 1.91. The SMILES string of the molecule is O=S(O)OS(=O)(=O)c1ccc2nc(-c3ccccc3)[nH]c2c1. The molecule has 7 nitrogen and oxygen atoms in total. The molecule has 0 bridgehead atoms. The van der Waals surface area contributed by atoms with Crippen LogP contribution in [0.2, 0.25) is 0 Å². The lowest BCUT2D eigenvalue weighted by molar-refractivity contribution is 0.442. The molecule has 2 aromatic carbocycles. The molecule has 9 heteroatoms. The Morgan fingerprint density at radius 1 is 1.14 bits per heavy atom. The summed E-state index contributed by atoms with van der Waals surface area (Å²) in [4.78, 5) is 7.14. The molecule has 0 fully saturated rings. The summed E-state index contributed by atoms with van der Waals surface area (Å²) in [5.74, 6) is 0.594. The normalized spacial score (nSPS) is 13.3. The fourth-order valence-electron chi connectivity index (χ4n) is 1.99. The molecule has 0 aliphatic heterocycles. The van der Waals surface area contributed by atoms with Crippen LogP contribution in [0, 0.1) is 0 Å². The number of hydrogen-bond donors (Lipinski definition) is 2. The van der Waals surface area contributed by atoms with Crippen LogP contribution in [0.5, 0.6) is 0 Å². The first kappa shape index (κ1) is 14.9. The van der Waals surface area contributed by atoms with Crippen LogP contribution in [0.1, 0.15) is 0 Å². The summed E-state index contributed by atoms with van der Waals surface area (Å²) < 4.78 is 46.6. The highest BCUT2D eigenvalue weighted by Crippen LogP contribution is 2.23. The number of benzene rings is 2. The van der Waals surface area contributed by atoms with Gasteiger partial charge >= 0.3 is 21.5 Å². The van der Waals surface area contributed by atoms with Gasteiger partial charge in [-0.1, -0.05) is 30.3 Å². The van der Waals surface area contributed by atoms with E-state index in [1.807, 2.05) is 30.3 Å². The Bertz CT molecular complexity index is 951. The molecule has 0 radical (unpaired) electrons. The Kier molecular flexibility index (Phi) is 3.79. The molecular formula is C13H10N2O5S2. The average molecular weight is 338 g/mol. The predicted octanol–water partition coefficient (Wildman–Crippen LogP) is 2.07. The van der Waals surface area contributed by atoms with Crippen LogP contribution in [0.15, 0.2) is 53.4 Å². The van der Waals surface area contributed by atoms with Crippen LogP contribution in [-0.2, 0) is 25.1 Å². The summed E-state index contributed by atoms with van der Waals surface area (Å²) in [5, 5.41) is 0. The molecule has 3 rings (SSSR count). The molecule has 0 amide bonds. The number of aromatic nitrogens is 2. The third kappa shape index (κ3) is 2.92. The Morgan fingerprint density at radius 2 is 1.86 bits per heavy atom. The quantitative estimate of drug-likeness (QED) is 0.705. The molecule has 1 heterocycles. The second-order valence-corrected chi connectivity index (χ2v) is 6.73. The second-order valence-electron chi connectivity index (χ2n) is 4.37. The van der Waals surface area contributed by atoms with E-state index in [2.05, 4.69) is 13.6 Å². The molecule has 1 aromatic heterocycles. The topological polar surface area (TPSA) is 109 Å². The van der Waals surface area contributed by atoms with Crippen molar-refractivity contribution in [3.05, 3.63) is 48.5 Å². The number of imidazole rings is 1. The van der Waals surface area contributed by atoms with Crippen LogP contribution in [0.3, 0.4) is 0 Å². The maximum absolute atomic E-state index is 11.8. The number of hydrogen-bond acceptors (Lipinski definition) is 5. The summed E-state index contributed by atoms with van der Waals surface area (Å²) in [7, 11) is -4.30. The first-order valence-corrected chi connectivity index (χ1v) is 8.51. The molecule has 0 saturated carbocycles. The highest BCUT2D eigenvalue weighted by atomic mass is 32.3. The van der Waals surface area contributed by atoms with Gasteiger partial charge < -0.3 is 4.98 Å². The zero-order valence-corrected chi connectivity index (χ0v) is 12.6. The maximum Gasteiger partial charge on any atom is 0.317 e. The Balaban J connectivity index is 2.06. The van der Waals surface area contributed by atoms with E-state index in [0.717, 1.165) is 5.56 Å². The molecular weight excluding hydrogens is 328 g/mol. The van der Waals surface area contributed by atoms with E-state index in [4.69, 9.17) is 4.55 Å². The zero-order valence-electron chi connectivity index (χ0n) is 11.0. The maximum atomic E-state index is 11.8. The van der Waals surface area contributed by atoms with Crippen molar-refractivity contribution in [2.45, 2.75) is 4.90 Å². The van der Waals surface area contributed by atoms with Crippen molar-refractivity contribution in [3.8, 4) is 11.4 Å². The van der Waals surface area contributed by atoms with Gasteiger partial charge in [0.1, 0.15) is 5.82 Å². The molecule has 0 aliphatic rings. The molecule has 0 spiro atoms. The summed E-state index contributed by atoms with van der Waals surface area (Å²) in [6, 6.07) is 13.4. The average Bonchev–Trinajstić information content (AvgIpc) is 2.90. The lowest BCUT2D eigenvalue weighted by Gasteiger charge is -2.00. The largest absolute Gasteiger partial charge is 0.338 e. The van der Waals surface area contributed by atoms with E-state index in [1.54, 1.807) is 0 Å². The lowest BCUT2D eigenvalue weighted by Crippen LogP contribution is -2.07. The standard InChI is InChI=1S/C13H10N2O5S2/c16-21(17)20-22(18,19)10-6-7-11-12(8-10)15-13(14-11)9-4-2-1-3-5-9/h1-8H,(H,14,15)(H,16,17). The van der Waals surface area contributed by atoms with Gasteiger partial charge in [0.2, 0.25) is 0 Å². The Labute approximate surface area is 128 Å². The van der Waals surface area contributed by atoms with Crippen LogP contribution >= 0.6 is 0 Å². The first-order chi connectivity index (χ1) is 10.5. The highest BCUT2D eigenvalue weighted by Gasteiger charge is 2.19. The number of fused-ring (bicyclic) bond motifs is 1. The smallest absolute Gasteiger partial charge is 0.317 e. The Hall–Kier alpha value is -2.07. The number of nitrogens with one attached hydrogen (secondary N) is 1. The van der Waals surface area contributed by atoms with Crippen LogP contribution in [-0.4, -0.2) is 27.1 Å². The summed E-state index contributed by atoms with van der Waals surface area (Å²) in [6.07, 6.45) is 0. The number of rotatable bonds is 4. The van der Waals surface area contributed by atoms with E-state index >= 15 is 0 Å². The molecule has 1 atom stereocenters. The van der Waals surface area contributed by atoms with Gasteiger partial charge in [-0.3, -0.25) is 4.55 Å². The van der Waals surface area contributed by atoms with E-state index in [0.29, 0.717) is 16.9 Å². The zero-order chi connectivity index (χ0) is 15.7. The summed E-state index contributed by atoms with van der Waals surface area (Å²) >= 11 is -2.91. The fourth-order valence-corrected chi connectivity index (χ4v) is 3.42. The van der Waals surface area contributed by atoms with Crippen molar-refractivity contribution in [1.29, 1.82) is 0 Å². The van der Waals surface area contributed by atoms with Crippen molar-refractivity contribution in [3.63, 3.8) is 0 Å². The fraction of sp³-hybridized carbons (Fsp3) is 0. The first-order valence-electron chi connectivity index (χ1n) is 6.07. The Morgan fingerprint density at radius 3 is 2.55 bits per heavy atom. The molecule has 22 heavy (non-hydrogen) atoms. The van der Waals surface area contributed by atoms with E-state index in [1.165, 1.54) is 18.2 Å². The third-order valence-corrected chi connectivity index (χ3v) is 4.95. The molecule has 0 aliphatic carbocycles. The van der Waals surface area contributed by atoms with Gasteiger partial charge in [-0.25, -0.2) is 4.98 Å².